The number of fused-ring (bicyclic) bond motifs is 1. The third-order valence-electron chi connectivity index (χ3n) is 5.53. The number of aliphatic imine (C=N–C) groups is 1. The Kier molecular flexibility index (Phi) is 5.77. The summed E-state index contributed by atoms with van der Waals surface area (Å²) in [5, 5.41) is 0. The normalized spacial score (nSPS) is 27.0. The van der Waals surface area contributed by atoms with Crippen molar-refractivity contribution in [3.05, 3.63) is 47.2 Å². The van der Waals surface area contributed by atoms with E-state index in [1.54, 1.807) is 13.8 Å². The van der Waals surface area contributed by atoms with Gasteiger partial charge in [0.2, 0.25) is 0 Å². The van der Waals surface area contributed by atoms with Crippen LogP contribution in [0.25, 0.3) is 0 Å². The number of esters is 2. The van der Waals surface area contributed by atoms with Crippen LogP contribution in [0.2, 0.25) is 0 Å². The van der Waals surface area contributed by atoms with Gasteiger partial charge in [-0.3, -0.25) is 14.6 Å². The molecule has 6 heteroatoms. The highest BCUT2D eigenvalue weighted by molar-refractivity contribution is 6.17. The fourth-order valence-corrected chi connectivity index (χ4v) is 4.33. The van der Waals surface area contributed by atoms with E-state index in [1.807, 2.05) is 37.3 Å². The molecule has 28 heavy (non-hydrogen) atoms. The summed E-state index contributed by atoms with van der Waals surface area (Å²) in [4.78, 5) is 43.1. The Morgan fingerprint density at radius 1 is 1.18 bits per heavy atom. The average Bonchev–Trinajstić information content (AvgIpc) is 2.67. The Hall–Kier alpha value is -2.76. The van der Waals surface area contributed by atoms with Crippen molar-refractivity contribution in [1.29, 1.82) is 0 Å². The van der Waals surface area contributed by atoms with Gasteiger partial charge in [0, 0.05) is 17.3 Å². The molecule has 0 unspecified atom stereocenters. The number of Topliss-reactive ketones (excluding diaryl/α,β-unsaturated/α-hetero) is 1. The van der Waals surface area contributed by atoms with Crippen LogP contribution < -0.4 is 0 Å². The number of methoxy groups -OCH3 is 1. The molecule has 1 aromatic carbocycles. The molecular formula is C22H25NO5. The summed E-state index contributed by atoms with van der Waals surface area (Å²) in [6.07, 6.45) is 0.507. The van der Waals surface area contributed by atoms with Gasteiger partial charge in [0.1, 0.15) is 5.92 Å². The van der Waals surface area contributed by atoms with Gasteiger partial charge in [0.05, 0.1) is 25.2 Å². The van der Waals surface area contributed by atoms with Crippen molar-refractivity contribution in [3.8, 4) is 0 Å². The molecule has 1 aliphatic carbocycles. The molecule has 4 atom stereocenters. The Bertz CT molecular complexity index is 855. The SMILES string of the molecule is CCOC(=O)C1=C(C)N=C2C[C@@H](C)[C@@H](C(=O)OC)C(=O)[C@@H]2[C@@H]1c1ccccc1. The van der Waals surface area contributed by atoms with Gasteiger partial charge in [0.15, 0.2) is 5.78 Å². The molecule has 0 spiro atoms. The molecule has 0 saturated heterocycles. The number of rotatable bonds is 4. The zero-order valence-electron chi connectivity index (χ0n) is 16.6. The zero-order chi connectivity index (χ0) is 20.4. The average molecular weight is 383 g/mol. The first kappa shape index (κ1) is 20.0. The maximum atomic E-state index is 13.4. The highest BCUT2D eigenvalue weighted by atomic mass is 16.5. The maximum absolute atomic E-state index is 13.4. The van der Waals surface area contributed by atoms with Crippen molar-refractivity contribution in [2.45, 2.75) is 33.1 Å². The summed E-state index contributed by atoms with van der Waals surface area (Å²) in [5.74, 6) is -3.52. The highest BCUT2D eigenvalue weighted by Gasteiger charge is 2.51. The summed E-state index contributed by atoms with van der Waals surface area (Å²) in [6.45, 7) is 5.60. The Morgan fingerprint density at radius 2 is 1.86 bits per heavy atom. The third kappa shape index (κ3) is 3.39. The molecule has 2 aliphatic rings. The Balaban J connectivity index is 2.16. The molecule has 0 bridgehead atoms. The van der Waals surface area contributed by atoms with E-state index in [-0.39, 0.29) is 18.3 Å². The van der Waals surface area contributed by atoms with Crippen molar-refractivity contribution in [1.82, 2.24) is 0 Å². The fourth-order valence-electron chi connectivity index (χ4n) is 4.33. The van der Waals surface area contributed by atoms with E-state index in [0.29, 0.717) is 17.7 Å². The van der Waals surface area contributed by atoms with E-state index < -0.39 is 29.7 Å². The molecule has 6 nitrogen and oxygen atoms in total. The van der Waals surface area contributed by atoms with Crippen LogP contribution >= 0.6 is 0 Å². The van der Waals surface area contributed by atoms with Gasteiger partial charge >= 0.3 is 11.9 Å². The van der Waals surface area contributed by atoms with Crippen molar-refractivity contribution < 1.29 is 23.9 Å². The first-order valence-electron chi connectivity index (χ1n) is 9.52. The molecule has 1 saturated carbocycles. The molecule has 1 aliphatic heterocycles. The monoisotopic (exact) mass is 383 g/mol. The van der Waals surface area contributed by atoms with Gasteiger partial charge in [-0.2, -0.15) is 0 Å². The van der Waals surface area contributed by atoms with E-state index in [9.17, 15) is 14.4 Å². The lowest BCUT2D eigenvalue weighted by Crippen LogP contribution is -2.48. The molecular weight excluding hydrogens is 358 g/mol. The lowest BCUT2D eigenvalue weighted by molar-refractivity contribution is -0.152. The highest BCUT2D eigenvalue weighted by Crippen LogP contribution is 2.45. The van der Waals surface area contributed by atoms with E-state index in [1.165, 1.54) is 7.11 Å². The van der Waals surface area contributed by atoms with Crippen LogP contribution in [0.1, 0.15) is 38.7 Å². The molecule has 1 heterocycles. The molecule has 0 N–H and O–H groups in total. The number of benzene rings is 1. The predicted octanol–water partition coefficient (Wildman–Crippen LogP) is 3.08. The topological polar surface area (TPSA) is 82.0 Å². The maximum Gasteiger partial charge on any atom is 0.336 e. The van der Waals surface area contributed by atoms with Gasteiger partial charge in [-0.1, -0.05) is 37.3 Å². The van der Waals surface area contributed by atoms with Gasteiger partial charge < -0.3 is 9.47 Å². The predicted molar refractivity (Wildman–Crippen MR) is 104 cm³/mol. The third-order valence-corrected chi connectivity index (χ3v) is 5.53. The first-order chi connectivity index (χ1) is 13.4. The first-order valence-corrected chi connectivity index (χ1v) is 9.52. The number of ether oxygens (including phenoxy) is 2. The second kappa shape index (κ2) is 8.09. The van der Waals surface area contributed by atoms with E-state index in [0.717, 1.165) is 11.3 Å². The van der Waals surface area contributed by atoms with Crippen LogP contribution in [0.15, 0.2) is 46.6 Å². The van der Waals surface area contributed by atoms with Gasteiger partial charge in [0.25, 0.3) is 0 Å². The van der Waals surface area contributed by atoms with Crippen LogP contribution in [-0.2, 0) is 23.9 Å². The molecule has 1 aromatic rings. The van der Waals surface area contributed by atoms with Crippen LogP contribution in [0.4, 0.5) is 0 Å². The summed E-state index contributed by atoms with van der Waals surface area (Å²) >= 11 is 0. The largest absolute Gasteiger partial charge is 0.468 e. The number of nitrogens with zero attached hydrogens (tertiary/aromatic N) is 1. The van der Waals surface area contributed by atoms with Crippen LogP contribution in [-0.4, -0.2) is 37.2 Å². The molecule has 3 rings (SSSR count). The number of carbonyl (C=O) groups is 3. The van der Waals surface area contributed by atoms with Crippen molar-refractivity contribution in [3.63, 3.8) is 0 Å². The van der Waals surface area contributed by atoms with Crippen LogP contribution in [0.5, 0.6) is 0 Å². The summed E-state index contributed by atoms with van der Waals surface area (Å²) in [7, 11) is 1.29. The van der Waals surface area contributed by atoms with Crippen LogP contribution in [0, 0.1) is 17.8 Å². The molecule has 0 amide bonds. The van der Waals surface area contributed by atoms with Gasteiger partial charge in [-0.25, -0.2) is 4.79 Å². The molecule has 1 fully saturated rings. The lowest BCUT2D eigenvalue weighted by Gasteiger charge is -2.40. The van der Waals surface area contributed by atoms with Crippen molar-refractivity contribution in [2.75, 3.05) is 13.7 Å². The van der Waals surface area contributed by atoms with Crippen LogP contribution in [0.3, 0.4) is 0 Å². The van der Waals surface area contributed by atoms with Crippen molar-refractivity contribution >= 4 is 23.4 Å². The number of carbonyl (C=O) groups excluding carboxylic acids is 3. The summed E-state index contributed by atoms with van der Waals surface area (Å²) in [6, 6.07) is 9.39. The van der Waals surface area contributed by atoms with Gasteiger partial charge in [-0.05, 0) is 31.7 Å². The molecule has 0 aromatic heterocycles. The number of hydrogen-bond acceptors (Lipinski definition) is 6. The van der Waals surface area contributed by atoms with Gasteiger partial charge in [-0.15, -0.1) is 0 Å². The fraction of sp³-hybridized carbons (Fsp3) is 0.455. The number of ketones is 1. The Labute approximate surface area is 164 Å². The van der Waals surface area contributed by atoms with E-state index in [2.05, 4.69) is 4.99 Å². The zero-order valence-corrected chi connectivity index (χ0v) is 16.6. The minimum Gasteiger partial charge on any atom is -0.468 e. The smallest absolute Gasteiger partial charge is 0.336 e. The standard InChI is InChI=1S/C22H25NO5/c1-5-28-22(26)17-13(3)23-15-11-12(2)16(21(25)27-4)20(24)19(15)18(17)14-9-7-6-8-10-14/h6-10,12,16,18-19H,5,11H2,1-4H3/t12-,16-,18-,19+/m1/s1. The molecule has 0 radical (unpaired) electrons. The van der Waals surface area contributed by atoms with E-state index >= 15 is 0 Å². The minimum atomic E-state index is -0.859. The van der Waals surface area contributed by atoms with E-state index in [4.69, 9.17) is 9.47 Å². The molecule has 148 valence electrons. The summed E-state index contributed by atoms with van der Waals surface area (Å²) < 4.78 is 10.1. The second-order valence-electron chi connectivity index (χ2n) is 7.27. The lowest BCUT2D eigenvalue weighted by atomic mass is 9.64. The quantitative estimate of drug-likeness (QED) is 0.589. The second-order valence-corrected chi connectivity index (χ2v) is 7.27. The van der Waals surface area contributed by atoms with Crippen molar-refractivity contribution in [2.24, 2.45) is 22.7 Å². The number of allylic oxidation sites excluding steroid dienone is 1. The minimum absolute atomic E-state index is 0.205. The Morgan fingerprint density at radius 3 is 2.46 bits per heavy atom. The number of hydrogen-bond donors (Lipinski definition) is 0. The summed E-state index contributed by atoms with van der Waals surface area (Å²) in [5.41, 5.74) is 2.49.